The summed E-state index contributed by atoms with van der Waals surface area (Å²) in [5.41, 5.74) is 0.994. The Kier molecular flexibility index (Phi) is 5.00. The zero-order valence-corrected chi connectivity index (χ0v) is 10.8. The Morgan fingerprint density at radius 3 is 2.44 bits per heavy atom. The van der Waals surface area contributed by atoms with E-state index < -0.39 is 0 Å². The van der Waals surface area contributed by atoms with Crippen molar-refractivity contribution < 1.29 is 5.11 Å². The molecule has 92 valence electrons. The summed E-state index contributed by atoms with van der Waals surface area (Å²) in [4.78, 5) is 0. The topological polar surface area (TPSA) is 38.0 Å². The van der Waals surface area contributed by atoms with Gasteiger partial charge in [0.05, 0.1) is 17.8 Å². The van der Waals surface area contributed by atoms with Gasteiger partial charge in [-0.3, -0.25) is 4.68 Å². The molecule has 1 N–H and O–H groups in total. The monoisotopic (exact) mass is 224 g/mol. The van der Waals surface area contributed by atoms with Crippen molar-refractivity contribution in [3.8, 4) is 0 Å². The molecule has 0 bridgehead atoms. The second kappa shape index (κ2) is 6.04. The van der Waals surface area contributed by atoms with E-state index in [2.05, 4.69) is 18.9 Å². The number of hydrogen-bond donors (Lipinski definition) is 1. The minimum absolute atomic E-state index is 0.287. The number of hydrogen-bond acceptors (Lipinski definition) is 2. The molecule has 0 fully saturated rings. The molecule has 0 radical (unpaired) electrons. The van der Waals surface area contributed by atoms with Crippen molar-refractivity contribution in [3.63, 3.8) is 0 Å². The Balaban J connectivity index is 2.64. The molecule has 0 saturated carbocycles. The molecule has 0 spiro atoms. The van der Waals surface area contributed by atoms with Crippen LogP contribution in [0.5, 0.6) is 0 Å². The highest BCUT2D eigenvalue weighted by molar-refractivity contribution is 5.01. The van der Waals surface area contributed by atoms with E-state index in [-0.39, 0.29) is 6.10 Å². The molecule has 0 amide bonds. The molecule has 0 aliphatic heterocycles. The van der Waals surface area contributed by atoms with E-state index in [1.165, 1.54) is 0 Å². The average Bonchev–Trinajstić information content (AvgIpc) is 2.68. The minimum Gasteiger partial charge on any atom is -0.392 e. The van der Waals surface area contributed by atoms with Gasteiger partial charge in [0.1, 0.15) is 0 Å². The second-order valence-corrected chi connectivity index (χ2v) is 4.77. The fourth-order valence-electron chi connectivity index (χ4n) is 1.80. The number of aromatic nitrogens is 2. The number of rotatable bonds is 6. The third kappa shape index (κ3) is 3.34. The standard InChI is InChI=1S/C13H24N2O/c1-5-12(6-2)15-8-7-11(14-15)9-13(16)10(3)4/h7-8,10,12-13,16H,5-6,9H2,1-4H3. The summed E-state index contributed by atoms with van der Waals surface area (Å²) in [6.45, 7) is 8.42. The van der Waals surface area contributed by atoms with E-state index in [0.717, 1.165) is 18.5 Å². The van der Waals surface area contributed by atoms with Crippen LogP contribution in [0.2, 0.25) is 0 Å². The highest BCUT2D eigenvalue weighted by atomic mass is 16.3. The van der Waals surface area contributed by atoms with Gasteiger partial charge in [-0.05, 0) is 24.8 Å². The summed E-state index contributed by atoms with van der Waals surface area (Å²) in [6, 6.07) is 2.51. The van der Waals surface area contributed by atoms with Gasteiger partial charge in [-0.2, -0.15) is 5.10 Å². The molecule has 1 unspecified atom stereocenters. The van der Waals surface area contributed by atoms with E-state index in [1.54, 1.807) is 0 Å². The Bertz CT molecular complexity index is 303. The maximum Gasteiger partial charge on any atom is 0.0650 e. The molecule has 1 aromatic heterocycles. The summed E-state index contributed by atoms with van der Waals surface area (Å²) < 4.78 is 2.03. The van der Waals surface area contributed by atoms with Crippen molar-refractivity contribution in [2.45, 2.75) is 59.1 Å². The lowest BCUT2D eigenvalue weighted by atomic mass is 10.0. The Labute approximate surface area is 98.5 Å². The molecule has 16 heavy (non-hydrogen) atoms. The molecule has 0 aromatic carbocycles. The van der Waals surface area contributed by atoms with Crippen molar-refractivity contribution >= 4 is 0 Å². The van der Waals surface area contributed by atoms with Crippen LogP contribution in [0.1, 0.15) is 52.3 Å². The van der Waals surface area contributed by atoms with Gasteiger partial charge in [-0.1, -0.05) is 27.7 Å². The van der Waals surface area contributed by atoms with Crippen molar-refractivity contribution in [3.05, 3.63) is 18.0 Å². The van der Waals surface area contributed by atoms with Crippen LogP contribution < -0.4 is 0 Å². The number of nitrogens with zero attached hydrogens (tertiary/aromatic N) is 2. The fourth-order valence-corrected chi connectivity index (χ4v) is 1.80. The summed E-state index contributed by atoms with van der Waals surface area (Å²) in [7, 11) is 0. The molecule has 1 heterocycles. The normalized spacial score (nSPS) is 13.7. The second-order valence-electron chi connectivity index (χ2n) is 4.77. The van der Waals surface area contributed by atoms with Crippen LogP contribution >= 0.6 is 0 Å². The summed E-state index contributed by atoms with van der Waals surface area (Å²) in [6.07, 6.45) is 4.60. The minimum atomic E-state index is -0.287. The van der Waals surface area contributed by atoms with Crippen molar-refractivity contribution in [1.29, 1.82) is 0 Å². The van der Waals surface area contributed by atoms with E-state index in [0.29, 0.717) is 18.4 Å². The zero-order valence-electron chi connectivity index (χ0n) is 10.8. The predicted octanol–water partition coefficient (Wildman–Crippen LogP) is 2.80. The lowest BCUT2D eigenvalue weighted by Gasteiger charge is -2.14. The van der Waals surface area contributed by atoms with Gasteiger partial charge in [-0.15, -0.1) is 0 Å². The average molecular weight is 224 g/mol. The molecular weight excluding hydrogens is 200 g/mol. The molecule has 0 saturated heterocycles. The maximum atomic E-state index is 9.79. The molecule has 3 nitrogen and oxygen atoms in total. The quantitative estimate of drug-likeness (QED) is 0.807. The Hall–Kier alpha value is -0.830. The smallest absolute Gasteiger partial charge is 0.0650 e. The third-order valence-corrected chi connectivity index (χ3v) is 3.17. The molecule has 0 aliphatic carbocycles. The molecule has 1 atom stereocenters. The van der Waals surface area contributed by atoms with Crippen molar-refractivity contribution in [2.24, 2.45) is 5.92 Å². The zero-order chi connectivity index (χ0) is 12.1. The van der Waals surface area contributed by atoms with Crippen LogP contribution in [-0.2, 0) is 6.42 Å². The number of aliphatic hydroxyl groups is 1. The van der Waals surface area contributed by atoms with Gasteiger partial charge < -0.3 is 5.11 Å². The Morgan fingerprint density at radius 2 is 1.94 bits per heavy atom. The first-order valence-corrected chi connectivity index (χ1v) is 6.30. The highest BCUT2D eigenvalue weighted by Crippen LogP contribution is 2.15. The lowest BCUT2D eigenvalue weighted by Crippen LogP contribution is -2.18. The van der Waals surface area contributed by atoms with Crippen LogP contribution in [0, 0.1) is 5.92 Å². The fraction of sp³-hybridized carbons (Fsp3) is 0.769. The van der Waals surface area contributed by atoms with E-state index >= 15 is 0 Å². The Morgan fingerprint density at radius 1 is 1.31 bits per heavy atom. The number of aliphatic hydroxyl groups excluding tert-OH is 1. The van der Waals surface area contributed by atoms with Crippen LogP contribution in [0.3, 0.4) is 0 Å². The van der Waals surface area contributed by atoms with Gasteiger partial charge in [-0.25, -0.2) is 0 Å². The molecule has 1 rings (SSSR count). The van der Waals surface area contributed by atoms with Crippen LogP contribution in [0.4, 0.5) is 0 Å². The van der Waals surface area contributed by atoms with Gasteiger partial charge in [0.2, 0.25) is 0 Å². The lowest BCUT2D eigenvalue weighted by molar-refractivity contribution is 0.124. The summed E-state index contributed by atoms with van der Waals surface area (Å²) in [5, 5.41) is 14.3. The van der Waals surface area contributed by atoms with E-state index in [4.69, 9.17) is 0 Å². The first-order valence-electron chi connectivity index (χ1n) is 6.30. The molecular formula is C13H24N2O. The first-order chi connectivity index (χ1) is 7.58. The van der Waals surface area contributed by atoms with E-state index in [1.807, 2.05) is 30.8 Å². The summed E-state index contributed by atoms with van der Waals surface area (Å²) >= 11 is 0. The van der Waals surface area contributed by atoms with Gasteiger partial charge in [0, 0.05) is 12.6 Å². The molecule has 0 aliphatic rings. The van der Waals surface area contributed by atoms with Crippen molar-refractivity contribution in [1.82, 2.24) is 9.78 Å². The highest BCUT2D eigenvalue weighted by Gasteiger charge is 2.13. The van der Waals surface area contributed by atoms with Gasteiger partial charge in [0.15, 0.2) is 0 Å². The molecule has 1 aromatic rings. The molecule has 3 heteroatoms. The van der Waals surface area contributed by atoms with E-state index in [9.17, 15) is 5.11 Å². The van der Waals surface area contributed by atoms with Gasteiger partial charge >= 0.3 is 0 Å². The van der Waals surface area contributed by atoms with Crippen molar-refractivity contribution in [2.75, 3.05) is 0 Å². The SMILES string of the molecule is CCC(CC)n1ccc(CC(O)C(C)C)n1. The van der Waals surface area contributed by atoms with Crippen LogP contribution in [0.25, 0.3) is 0 Å². The summed E-state index contributed by atoms with van der Waals surface area (Å²) in [5.74, 6) is 0.290. The largest absolute Gasteiger partial charge is 0.392 e. The predicted molar refractivity (Wildman–Crippen MR) is 66.4 cm³/mol. The van der Waals surface area contributed by atoms with Crippen LogP contribution in [0.15, 0.2) is 12.3 Å². The van der Waals surface area contributed by atoms with Gasteiger partial charge in [0.25, 0.3) is 0 Å². The maximum absolute atomic E-state index is 9.79. The van der Waals surface area contributed by atoms with Crippen LogP contribution in [-0.4, -0.2) is 21.0 Å². The third-order valence-electron chi connectivity index (χ3n) is 3.17. The first kappa shape index (κ1) is 13.2.